The second kappa shape index (κ2) is 4.83. The summed E-state index contributed by atoms with van der Waals surface area (Å²) in [4.78, 5) is 19.8. The van der Waals surface area contributed by atoms with Crippen LogP contribution in [0.5, 0.6) is 0 Å². The Labute approximate surface area is 105 Å². The summed E-state index contributed by atoms with van der Waals surface area (Å²) < 4.78 is 0. The molecule has 0 aliphatic carbocycles. The maximum Gasteiger partial charge on any atom is 0.256 e. The Morgan fingerprint density at radius 2 is 1.72 bits per heavy atom. The highest BCUT2D eigenvalue weighted by molar-refractivity contribution is 6.06. The van der Waals surface area contributed by atoms with Crippen molar-refractivity contribution in [3.8, 4) is 0 Å². The number of aromatic nitrogens is 2. The van der Waals surface area contributed by atoms with E-state index in [0.717, 1.165) is 11.1 Å². The van der Waals surface area contributed by atoms with Crippen molar-refractivity contribution in [2.45, 2.75) is 13.8 Å². The highest BCUT2D eigenvalue weighted by atomic mass is 16.1. The van der Waals surface area contributed by atoms with Gasteiger partial charge in [0.2, 0.25) is 5.95 Å². The van der Waals surface area contributed by atoms with Gasteiger partial charge in [-0.15, -0.1) is 0 Å². The maximum absolute atomic E-state index is 12.1. The van der Waals surface area contributed by atoms with Crippen LogP contribution in [0.4, 0.5) is 11.6 Å². The summed E-state index contributed by atoms with van der Waals surface area (Å²) in [5.41, 5.74) is 8.45. The van der Waals surface area contributed by atoms with Crippen LogP contribution in [-0.2, 0) is 0 Å². The highest BCUT2D eigenvalue weighted by Crippen LogP contribution is 2.15. The molecule has 0 aliphatic rings. The number of hydrogen-bond donors (Lipinski definition) is 2. The van der Waals surface area contributed by atoms with Crippen molar-refractivity contribution in [2.75, 3.05) is 11.1 Å². The third kappa shape index (κ3) is 2.45. The lowest BCUT2D eigenvalue weighted by atomic mass is 10.0. The molecule has 5 nitrogen and oxygen atoms in total. The number of carbonyl (C=O) groups is 1. The molecule has 2 aromatic rings. The first-order chi connectivity index (χ1) is 8.58. The summed E-state index contributed by atoms with van der Waals surface area (Å²) in [7, 11) is 0. The van der Waals surface area contributed by atoms with Crippen LogP contribution in [0.1, 0.15) is 21.5 Å². The third-order valence-electron chi connectivity index (χ3n) is 2.64. The predicted octanol–water partition coefficient (Wildman–Crippen LogP) is 1.93. The zero-order chi connectivity index (χ0) is 13.1. The van der Waals surface area contributed by atoms with Gasteiger partial charge in [-0.2, -0.15) is 0 Å². The molecule has 0 fully saturated rings. The normalized spacial score (nSPS) is 10.1. The lowest BCUT2D eigenvalue weighted by Gasteiger charge is -2.09. The number of benzene rings is 1. The summed E-state index contributed by atoms with van der Waals surface area (Å²) in [5, 5.41) is 2.75. The molecule has 1 heterocycles. The molecule has 0 radical (unpaired) electrons. The first-order valence-electron chi connectivity index (χ1n) is 5.53. The Kier molecular flexibility index (Phi) is 3.23. The number of amides is 1. The highest BCUT2D eigenvalue weighted by Gasteiger charge is 2.12. The van der Waals surface area contributed by atoms with Gasteiger partial charge in [0.25, 0.3) is 5.91 Å². The molecule has 0 bridgehead atoms. The van der Waals surface area contributed by atoms with E-state index in [1.165, 1.54) is 12.4 Å². The van der Waals surface area contributed by atoms with Crippen molar-refractivity contribution < 1.29 is 4.79 Å². The van der Waals surface area contributed by atoms with Crippen LogP contribution in [0, 0.1) is 13.8 Å². The smallest absolute Gasteiger partial charge is 0.256 e. The number of anilines is 2. The monoisotopic (exact) mass is 242 g/mol. The van der Waals surface area contributed by atoms with Crippen LogP contribution < -0.4 is 11.1 Å². The van der Waals surface area contributed by atoms with Gasteiger partial charge in [-0.3, -0.25) is 4.79 Å². The van der Waals surface area contributed by atoms with Gasteiger partial charge in [-0.1, -0.05) is 18.2 Å². The lowest BCUT2D eigenvalue weighted by Crippen LogP contribution is -2.15. The molecule has 3 N–H and O–H groups in total. The van der Waals surface area contributed by atoms with Gasteiger partial charge in [-0.05, 0) is 25.0 Å². The van der Waals surface area contributed by atoms with Crippen molar-refractivity contribution in [2.24, 2.45) is 0 Å². The third-order valence-corrected chi connectivity index (χ3v) is 2.64. The molecule has 0 saturated carbocycles. The first-order valence-corrected chi connectivity index (χ1v) is 5.53. The number of nitrogens with one attached hydrogen (secondary N) is 1. The molecule has 0 aliphatic heterocycles. The zero-order valence-electron chi connectivity index (χ0n) is 10.3. The van der Waals surface area contributed by atoms with Crippen molar-refractivity contribution in [1.82, 2.24) is 9.97 Å². The Hall–Kier alpha value is -2.43. The van der Waals surface area contributed by atoms with Gasteiger partial charge < -0.3 is 11.1 Å². The van der Waals surface area contributed by atoms with E-state index in [4.69, 9.17) is 5.73 Å². The number of carbonyl (C=O) groups excluding carboxylic acids is 1. The van der Waals surface area contributed by atoms with E-state index in [1.807, 2.05) is 32.0 Å². The zero-order valence-corrected chi connectivity index (χ0v) is 10.3. The minimum Gasteiger partial charge on any atom is -0.368 e. The van der Waals surface area contributed by atoms with Crippen LogP contribution >= 0.6 is 0 Å². The Balaban J connectivity index is 2.25. The molecule has 18 heavy (non-hydrogen) atoms. The number of aryl methyl sites for hydroxylation is 2. The van der Waals surface area contributed by atoms with Crippen molar-refractivity contribution in [3.63, 3.8) is 0 Å². The van der Waals surface area contributed by atoms with E-state index in [1.54, 1.807) is 0 Å². The largest absolute Gasteiger partial charge is 0.368 e. The Morgan fingerprint density at radius 3 is 2.28 bits per heavy atom. The molecule has 92 valence electrons. The summed E-state index contributed by atoms with van der Waals surface area (Å²) in [5.74, 6) is 0.0130. The topological polar surface area (TPSA) is 80.9 Å². The van der Waals surface area contributed by atoms with Crippen molar-refractivity contribution in [3.05, 3.63) is 47.3 Å². The van der Waals surface area contributed by atoms with Gasteiger partial charge in [0, 0.05) is 5.56 Å². The summed E-state index contributed by atoms with van der Waals surface area (Å²) in [6.07, 6.45) is 2.96. The molecule has 1 aromatic heterocycles. The fourth-order valence-electron chi connectivity index (χ4n) is 1.77. The molecule has 0 unspecified atom stereocenters. The average Bonchev–Trinajstić information content (AvgIpc) is 2.32. The Bertz CT molecular complexity index is 558. The number of hydrogen-bond acceptors (Lipinski definition) is 4. The van der Waals surface area contributed by atoms with E-state index in [9.17, 15) is 4.79 Å². The van der Waals surface area contributed by atoms with E-state index in [2.05, 4.69) is 15.3 Å². The predicted molar refractivity (Wildman–Crippen MR) is 70.3 cm³/mol. The second-order valence-electron chi connectivity index (χ2n) is 4.05. The van der Waals surface area contributed by atoms with Crippen molar-refractivity contribution in [1.29, 1.82) is 0 Å². The standard InChI is InChI=1S/C13H14N4O/c1-8-4-3-5-9(2)11(8)12(18)17-10-6-15-13(14)16-7-10/h3-7H,1-2H3,(H,17,18)(H2,14,15,16). The minimum absolute atomic E-state index is 0.168. The van der Waals surface area contributed by atoms with Crippen LogP contribution in [0.2, 0.25) is 0 Å². The number of nitrogens with zero attached hydrogens (tertiary/aromatic N) is 2. The molecule has 1 aromatic carbocycles. The molecule has 0 spiro atoms. The summed E-state index contributed by atoms with van der Waals surface area (Å²) in [6, 6.07) is 5.73. The van der Waals surface area contributed by atoms with Gasteiger partial charge >= 0.3 is 0 Å². The number of nitrogens with two attached hydrogens (primary N) is 1. The fourth-order valence-corrected chi connectivity index (χ4v) is 1.77. The molecular formula is C13H14N4O. The quantitative estimate of drug-likeness (QED) is 0.843. The SMILES string of the molecule is Cc1cccc(C)c1C(=O)Nc1cnc(N)nc1. The Morgan fingerprint density at radius 1 is 1.17 bits per heavy atom. The second-order valence-corrected chi connectivity index (χ2v) is 4.05. The molecule has 0 saturated heterocycles. The van der Waals surface area contributed by atoms with E-state index < -0.39 is 0 Å². The van der Waals surface area contributed by atoms with Crippen LogP contribution in [0.3, 0.4) is 0 Å². The van der Waals surface area contributed by atoms with E-state index >= 15 is 0 Å². The molecule has 5 heteroatoms. The van der Waals surface area contributed by atoms with Crippen LogP contribution in [-0.4, -0.2) is 15.9 Å². The number of rotatable bonds is 2. The lowest BCUT2D eigenvalue weighted by molar-refractivity contribution is 0.102. The van der Waals surface area contributed by atoms with Gasteiger partial charge in [-0.25, -0.2) is 9.97 Å². The van der Waals surface area contributed by atoms with Gasteiger partial charge in [0.1, 0.15) is 0 Å². The molecule has 0 atom stereocenters. The van der Waals surface area contributed by atoms with E-state index in [-0.39, 0.29) is 11.9 Å². The fraction of sp³-hybridized carbons (Fsp3) is 0.154. The van der Waals surface area contributed by atoms with Crippen LogP contribution in [0.15, 0.2) is 30.6 Å². The molecule has 2 rings (SSSR count). The minimum atomic E-state index is -0.168. The summed E-state index contributed by atoms with van der Waals surface area (Å²) in [6.45, 7) is 3.81. The maximum atomic E-state index is 12.1. The average molecular weight is 242 g/mol. The first kappa shape index (κ1) is 12.0. The van der Waals surface area contributed by atoms with Crippen molar-refractivity contribution >= 4 is 17.5 Å². The molecular weight excluding hydrogens is 228 g/mol. The van der Waals surface area contributed by atoms with E-state index in [0.29, 0.717) is 11.3 Å². The summed E-state index contributed by atoms with van der Waals surface area (Å²) >= 11 is 0. The van der Waals surface area contributed by atoms with Gasteiger partial charge in [0.15, 0.2) is 0 Å². The molecule has 1 amide bonds. The van der Waals surface area contributed by atoms with Crippen LogP contribution in [0.25, 0.3) is 0 Å². The van der Waals surface area contributed by atoms with Gasteiger partial charge in [0.05, 0.1) is 18.1 Å². The number of nitrogen functional groups attached to an aromatic ring is 1.